The van der Waals surface area contributed by atoms with E-state index in [0.29, 0.717) is 35.2 Å². The highest BCUT2D eigenvalue weighted by Crippen LogP contribution is 2.29. The number of hydrogen-bond donors (Lipinski definition) is 1. The summed E-state index contributed by atoms with van der Waals surface area (Å²) in [6.45, 7) is 6.91. The van der Waals surface area contributed by atoms with Crippen LogP contribution in [0.15, 0.2) is 78.9 Å². The molecule has 4 aromatic rings. The lowest BCUT2D eigenvalue weighted by Gasteiger charge is -2.13. The number of aromatic nitrogens is 2. The molecule has 4 nitrogen and oxygen atoms in total. The Morgan fingerprint density at radius 2 is 1.74 bits per heavy atom. The van der Waals surface area contributed by atoms with Gasteiger partial charge in [-0.2, -0.15) is 5.10 Å². The first-order valence-electron chi connectivity index (χ1n) is 11.8. The third kappa shape index (κ3) is 5.07. The van der Waals surface area contributed by atoms with E-state index in [9.17, 15) is 4.79 Å². The number of amides is 1. The van der Waals surface area contributed by atoms with Crippen molar-refractivity contribution in [2.45, 2.75) is 46.1 Å². The lowest BCUT2D eigenvalue weighted by atomic mass is 9.98. The first-order valence-corrected chi connectivity index (χ1v) is 12.2. The molecule has 5 heteroatoms. The van der Waals surface area contributed by atoms with Gasteiger partial charge in [-0.25, -0.2) is 4.68 Å². The molecule has 0 spiro atoms. The summed E-state index contributed by atoms with van der Waals surface area (Å²) in [7, 11) is 0. The van der Waals surface area contributed by atoms with Crippen LogP contribution in [0.5, 0.6) is 0 Å². The van der Waals surface area contributed by atoms with Gasteiger partial charge in [0.25, 0.3) is 5.91 Å². The van der Waals surface area contributed by atoms with Crippen LogP contribution in [-0.4, -0.2) is 15.7 Å². The van der Waals surface area contributed by atoms with Crippen LogP contribution in [0, 0.1) is 0 Å². The second-order valence-corrected chi connectivity index (χ2v) is 8.95. The van der Waals surface area contributed by atoms with Crippen molar-refractivity contribution in [3.8, 4) is 16.9 Å². The molecule has 0 fully saturated rings. The molecule has 1 unspecified atom stereocenters. The Kier molecular flexibility index (Phi) is 7.49. The number of carbonyl (C=O) groups excluding carboxylic acids is 1. The number of benzene rings is 3. The van der Waals surface area contributed by atoms with Crippen molar-refractivity contribution in [2.75, 3.05) is 0 Å². The van der Waals surface area contributed by atoms with Crippen molar-refractivity contribution in [1.82, 2.24) is 15.1 Å². The Hall–Kier alpha value is -3.37. The molecule has 0 aliphatic carbocycles. The Balaban J connectivity index is 1.77. The predicted octanol–water partition coefficient (Wildman–Crippen LogP) is 7.20. The molecule has 0 radical (unpaired) electrons. The highest BCUT2D eigenvalue weighted by atomic mass is 35.5. The largest absolute Gasteiger partial charge is 0.348 e. The second kappa shape index (κ2) is 10.7. The fourth-order valence-corrected chi connectivity index (χ4v) is 4.23. The SMILES string of the molecule is CCc1c(C(=O)NCc2ccc(Cl)cc2)c(-c2ccccc2)nn1-c1cccc(C(C)CC)c1. The van der Waals surface area contributed by atoms with Crippen LogP contribution >= 0.6 is 11.6 Å². The molecule has 3 aromatic carbocycles. The Bertz CT molecular complexity index is 1260. The third-order valence-corrected chi connectivity index (χ3v) is 6.50. The maximum absolute atomic E-state index is 13.5. The van der Waals surface area contributed by atoms with Crippen LogP contribution in [0.25, 0.3) is 16.9 Å². The first kappa shape index (κ1) is 23.8. The molecule has 0 bridgehead atoms. The topological polar surface area (TPSA) is 46.9 Å². The average Bonchev–Trinajstić information content (AvgIpc) is 3.28. The minimum absolute atomic E-state index is 0.130. The molecule has 0 saturated heterocycles. The highest BCUT2D eigenvalue weighted by molar-refractivity contribution is 6.30. The second-order valence-electron chi connectivity index (χ2n) is 8.52. The predicted molar refractivity (Wildman–Crippen MR) is 140 cm³/mol. The van der Waals surface area contributed by atoms with Crippen LogP contribution < -0.4 is 5.32 Å². The lowest BCUT2D eigenvalue weighted by molar-refractivity contribution is 0.0950. The van der Waals surface area contributed by atoms with Gasteiger partial charge in [-0.3, -0.25) is 4.79 Å². The van der Waals surface area contributed by atoms with Gasteiger partial charge >= 0.3 is 0 Å². The molecule has 174 valence electrons. The van der Waals surface area contributed by atoms with Gasteiger partial charge in [0, 0.05) is 17.1 Å². The number of nitrogens with one attached hydrogen (secondary N) is 1. The van der Waals surface area contributed by atoms with Crippen LogP contribution in [0.1, 0.15) is 60.3 Å². The molecule has 0 aliphatic rings. The molecule has 1 aromatic heterocycles. The monoisotopic (exact) mass is 471 g/mol. The summed E-state index contributed by atoms with van der Waals surface area (Å²) >= 11 is 6.00. The van der Waals surface area contributed by atoms with Gasteiger partial charge in [-0.15, -0.1) is 0 Å². The normalized spacial score (nSPS) is 11.9. The zero-order valence-electron chi connectivity index (χ0n) is 19.9. The van der Waals surface area contributed by atoms with Crippen molar-refractivity contribution in [2.24, 2.45) is 0 Å². The van der Waals surface area contributed by atoms with Crippen molar-refractivity contribution in [1.29, 1.82) is 0 Å². The van der Waals surface area contributed by atoms with Crippen LogP contribution in [0.4, 0.5) is 0 Å². The Morgan fingerprint density at radius 1 is 1.00 bits per heavy atom. The standard InChI is InChI=1S/C29H30ClN3O/c1-4-20(3)23-12-9-13-25(18-23)33-26(5-2)27(28(32-33)22-10-7-6-8-11-22)29(34)31-19-21-14-16-24(30)17-15-21/h6-18,20H,4-5,19H2,1-3H3,(H,31,34). The van der Waals surface area contributed by atoms with Crippen LogP contribution in [0.2, 0.25) is 5.02 Å². The smallest absolute Gasteiger partial charge is 0.255 e. The van der Waals surface area contributed by atoms with Crippen molar-refractivity contribution >= 4 is 17.5 Å². The van der Waals surface area contributed by atoms with Gasteiger partial charge in [0.2, 0.25) is 0 Å². The van der Waals surface area contributed by atoms with Crippen molar-refractivity contribution in [3.63, 3.8) is 0 Å². The Labute approximate surface area is 206 Å². The van der Waals surface area contributed by atoms with Crippen LogP contribution in [-0.2, 0) is 13.0 Å². The van der Waals surface area contributed by atoms with Crippen molar-refractivity contribution < 1.29 is 4.79 Å². The van der Waals surface area contributed by atoms with E-state index in [2.05, 4.69) is 50.4 Å². The lowest BCUT2D eigenvalue weighted by Crippen LogP contribution is -2.24. The molecule has 0 saturated carbocycles. The third-order valence-electron chi connectivity index (χ3n) is 6.25. The molecule has 1 atom stereocenters. The Morgan fingerprint density at radius 3 is 2.41 bits per heavy atom. The van der Waals surface area contributed by atoms with E-state index < -0.39 is 0 Å². The van der Waals surface area contributed by atoms with E-state index in [1.807, 2.05) is 59.3 Å². The van der Waals surface area contributed by atoms with Gasteiger partial charge in [-0.1, -0.05) is 87.0 Å². The van der Waals surface area contributed by atoms with Crippen molar-refractivity contribution in [3.05, 3.63) is 106 Å². The number of rotatable bonds is 8. The summed E-state index contributed by atoms with van der Waals surface area (Å²) in [5, 5.41) is 8.74. The molecule has 0 aliphatic heterocycles. The zero-order valence-corrected chi connectivity index (χ0v) is 20.6. The number of nitrogens with zero attached hydrogens (tertiary/aromatic N) is 2. The molecule has 1 amide bonds. The van der Waals surface area contributed by atoms with E-state index >= 15 is 0 Å². The van der Waals surface area contributed by atoms with Crippen LogP contribution in [0.3, 0.4) is 0 Å². The van der Waals surface area contributed by atoms with Gasteiger partial charge < -0.3 is 5.32 Å². The minimum Gasteiger partial charge on any atom is -0.348 e. The van der Waals surface area contributed by atoms with E-state index in [-0.39, 0.29) is 5.91 Å². The summed E-state index contributed by atoms with van der Waals surface area (Å²) < 4.78 is 1.94. The molecular formula is C29H30ClN3O. The highest BCUT2D eigenvalue weighted by Gasteiger charge is 2.24. The van der Waals surface area contributed by atoms with Gasteiger partial charge in [0.15, 0.2) is 0 Å². The molecule has 1 heterocycles. The van der Waals surface area contributed by atoms with E-state index in [4.69, 9.17) is 16.7 Å². The maximum Gasteiger partial charge on any atom is 0.255 e. The number of halogens is 1. The van der Waals surface area contributed by atoms with Gasteiger partial charge in [0.1, 0.15) is 5.69 Å². The maximum atomic E-state index is 13.5. The van der Waals surface area contributed by atoms with E-state index in [1.54, 1.807) is 0 Å². The molecule has 1 N–H and O–H groups in total. The van der Waals surface area contributed by atoms with Gasteiger partial charge in [0.05, 0.1) is 16.9 Å². The first-order chi connectivity index (χ1) is 16.5. The fourth-order valence-electron chi connectivity index (χ4n) is 4.10. The number of hydrogen-bond acceptors (Lipinski definition) is 2. The summed E-state index contributed by atoms with van der Waals surface area (Å²) in [6.07, 6.45) is 1.74. The molecular weight excluding hydrogens is 442 g/mol. The summed E-state index contributed by atoms with van der Waals surface area (Å²) in [5.41, 5.74) is 6.37. The fraction of sp³-hybridized carbons (Fsp3) is 0.241. The summed E-state index contributed by atoms with van der Waals surface area (Å²) in [5.74, 6) is 0.325. The summed E-state index contributed by atoms with van der Waals surface area (Å²) in [6, 6.07) is 25.9. The van der Waals surface area contributed by atoms with Gasteiger partial charge in [-0.05, 0) is 54.2 Å². The quantitative estimate of drug-likeness (QED) is 0.295. The number of carbonyl (C=O) groups is 1. The minimum atomic E-state index is -0.130. The molecule has 4 rings (SSSR count). The average molecular weight is 472 g/mol. The molecule has 34 heavy (non-hydrogen) atoms. The van der Waals surface area contributed by atoms with E-state index in [1.165, 1.54) is 5.56 Å². The summed E-state index contributed by atoms with van der Waals surface area (Å²) in [4.78, 5) is 13.5. The van der Waals surface area contributed by atoms with E-state index in [0.717, 1.165) is 28.9 Å². The zero-order chi connectivity index (χ0) is 24.1.